The van der Waals surface area contributed by atoms with Gasteiger partial charge in [0.05, 0.1) is 0 Å². The van der Waals surface area contributed by atoms with Crippen LogP contribution in [0.3, 0.4) is 0 Å². The predicted octanol–water partition coefficient (Wildman–Crippen LogP) is 4.66. The summed E-state index contributed by atoms with van der Waals surface area (Å²) in [6.45, 7) is 4.61. The molecule has 1 nitrogen and oxygen atoms in total. The molecule has 1 aliphatic rings. The number of nitrogens with one attached hydrogen (secondary N) is 1. The molecule has 0 heterocycles. The molecular formula is C15H31N. The smallest absolute Gasteiger partial charge is 0.00696 e. The van der Waals surface area contributed by atoms with Crippen molar-refractivity contribution >= 4 is 0 Å². The lowest BCUT2D eigenvalue weighted by Crippen LogP contribution is -2.38. The number of hydrogen-bond donors (Lipinski definition) is 1. The molecule has 1 rings (SSSR count). The minimum absolute atomic E-state index is 0.799. The molecule has 0 aromatic carbocycles. The summed E-state index contributed by atoms with van der Waals surface area (Å²) in [6.07, 6.45) is 15.5. The SMILES string of the molecule is CCCCC(CCC)NC1CCCCCC1. The second kappa shape index (κ2) is 9.04. The molecule has 1 heteroatoms. The van der Waals surface area contributed by atoms with Crippen molar-refractivity contribution in [2.45, 2.75) is 96.6 Å². The molecule has 0 spiro atoms. The maximum Gasteiger partial charge on any atom is 0.00696 e. The standard InChI is InChI=1S/C15H31N/c1-3-5-11-14(10-4-2)16-15-12-8-6-7-9-13-15/h14-16H,3-13H2,1-2H3. The van der Waals surface area contributed by atoms with Crippen molar-refractivity contribution in [1.29, 1.82) is 0 Å². The Labute approximate surface area is 102 Å². The highest BCUT2D eigenvalue weighted by Gasteiger charge is 2.15. The molecule has 1 fully saturated rings. The second-order valence-corrected chi connectivity index (χ2v) is 5.48. The van der Waals surface area contributed by atoms with E-state index >= 15 is 0 Å². The van der Waals surface area contributed by atoms with Crippen LogP contribution in [0.2, 0.25) is 0 Å². The third-order valence-electron chi connectivity index (χ3n) is 3.87. The minimum atomic E-state index is 0.799. The Morgan fingerprint density at radius 3 is 2.19 bits per heavy atom. The highest BCUT2D eigenvalue weighted by atomic mass is 14.9. The molecule has 0 aromatic rings. The minimum Gasteiger partial charge on any atom is -0.311 e. The normalized spacial score (nSPS) is 20.6. The Balaban J connectivity index is 2.27. The molecule has 0 radical (unpaired) electrons. The van der Waals surface area contributed by atoms with E-state index in [0.29, 0.717) is 0 Å². The van der Waals surface area contributed by atoms with E-state index in [2.05, 4.69) is 19.2 Å². The molecule has 0 saturated heterocycles. The van der Waals surface area contributed by atoms with Crippen molar-refractivity contribution in [1.82, 2.24) is 5.32 Å². The summed E-state index contributed by atoms with van der Waals surface area (Å²) in [6, 6.07) is 1.63. The zero-order chi connectivity index (χ0) is 11.6. The molecule has 96 valence electrons. The van der Waals surface area contributed by atoms with Gasteiger partial charge in [0, 0.05) is 12.1 Å². The highest BCUT2D eigenvalue weighted by Crippen LogP contribution is 2.19. The van der Waals surface area contributed by atoms with E-state index in [1.54, 1.807) is 0 Å². The lowest BCUT2D eigenvalue weighted by Gasteiger charge is -2.24. The maximum atomic E-state index is 3.93. The molecule has 0 bridgehead atoms. The second-order valence-electron chi connectivity index (χ2n) is 5.48. The molecule has 1 unspecified atom stereocenters. The van der Waals surface area contributed by atoms with Gasteiger partial charge in [-0.25, -0.2) is 0 Å². The van der Waals surface area contributed by atoms with Gasteiger partial charge in [0.1, 0.15) is 0 Å². The van der Waals surface area contributed by atoms with Crippen LogP contribution in [0.1, 0.15) is 84.5 Å². The molecule has 1 N–H and O–H groups in total. The number of unbranched alkanes of at least 4 members (excludes halogenated alkanes) is 1. The summed E-state index contributed by atoms with van der Waals surface area (Å²) in [7, 11) is 0. The fourth-order valence-corrected chi connectivity index (χ4v) is 2.89. The Kier molecular flexibility index (Phi) is 7.92. The largest absolute Gasteiger partial charge is 0.311 e. The fourth-order valence-electron chi connectivity index (χ4n) is 2.89. The quantitative estimate of drug-likeness (QED) is 0.621. The van der Waals surface area contributed by atoms with E-state index in [-0.39, 0.29) is 0 Å². The zero-order valence-corrected chi connectivity index (χ0v) is 11.4. The van der Waals surface area contributed by atoms with Crippen LogP contribution in [-0.4, -0.2) is 12.1 Å². The first-order valence-electron chi connectivity index (χ1n) is 7.62. The van der Waals surface area contributed by atoms with Gasteiger partial charge in [-0.2, -0.15) is 0 Å². The van der Waals surface area contributed by atoms with Gasteiger partial charge in [0.15, 0.2) is 0 Å². The molecule has 1 aliphatic carbocycles. The lowest BCUT2D eigenvalue weighted by molar-refractivity contribution is 0.355. The van der Waals surface area contributed by atoms with Gasteiger partial charge in [-0.05, 0) is 25.7 Å². The van der Waals surface area contributed by atoms with E-state index in [4.69, 9.17) is 0 Å². The van der Waals surface area contributed by atoms with E-state index in [1.807, 2.05) is 0 Å². The third-order valence-corrected chi connectivity index (χ3v) is 3.87. The van der Waals surface area contributed by atoms with Crippen LogP contribution >= 0.6 is 0 Å². The van der Waals surface area contributed by atoms with E-state index in [1.165, 1.54) is 70.6 Å². The Bertz CT molecular complexity index is 148. The van der Waals surface area contributed by atoms with Crippen LogP contribution < -0.4 is 5.32 Å². The van der Waals surface area contributed by atoms with Gasteiger partial charge < -0.3 is 5.32 Å². The van der Waals surface area contributed by atoms with Crippen LogP contribution in [0.25, 0.3) is 0 Å². The van der Waals surface area contributed by atoms with Gasteiger partial charge in [-0.3, -0.25) is 0 Å². The van der Waals surface area contributed by atoms with E-state index in [9.17, 15) is 0 Å². The molecule has 1 saturated carbocycles. The Hall–Kier alpha value is -0.0400. The van der Waals surface area contributed by atoms with Gasteiger partial charge >= 0.3 is 0 Å². The molecule has 16 heavy (non-hydrogen) atoms. The monoisotopic (exact) mass is 225 g/mol. The van der Waals surface area contributed by atoms with Crippen molar-refractivity contribution < 1.29 is 0 Å². The van der Waals surface area contributed by atoms with E-state index < -0.39 is 0 Å². The van der Waals surface area contributed by atoms with Gasteiger partial charge in [-0.1, -0.05) is 58.8 Å². The number of rotatable bonds is 7. The molecular weight excluding hydrogens is 194 g/mol. The van der Waals surface area contributed by atoms with Crippen LogP contribution in [0.5, 0.6) is 0 Å². The van der Waals surface area contributed by atoms with Crippen LogP contribution in [0.15, 0.2) is 0 Å². The summed E-state index contributed by atoms with van der Waals surface area (Å²) >= 11 is 0. The Morgan fingerprint density at radius 2 is 1.62 bits per heavy atom. The molecule has 1 atom stereocenters. The van der Waals surface area contributed by atoms with Gasteiger partial charge in [0.2, 0.25) is 0 Å². The topological polar surface area (TPSA) is 12.0 Å². The van der Waals surface area contributed by atoms with Crippen molar-refractivity contribution in [2.75, 3.05) is 0 Å². The Morgan fingerprint density at radius 1 is 0.938 bits per heavy atom. The average Bonchev–Trinajstić information content (AvgIpc) is 2.55. The van der Waals surface area contributed by atoms with E-state index in [0.717, 1.165) is 12.1 Å². The third kappa shape index (κ3) is 5.89. The van der Waals surface area contributed by atoms with Crippen molar-refractivity contribution in [3.05, 3.63) is 0 Å². The molecule has 0 amide bonds. The van der Waals surface area contributed by atoms with Gasteiger partial charge in [0.25, 0.3) is 0 Å². The highest BCUT2D eigenvalue weighted by molar-refractivity contribution is 4.76. The summed E-state index contributed by atoms with van der Waals surface area (Å²) < 4.78 is 0. The summed E-state index contributed by atoms with van der Waals surface area (Å²) in [5.74, 6) is 0. The molecule has 0 aromatic heterocycles. The van der Waals surface area contributed by atoms with Crippen molar-refractivity contribution in [3.8, 4) is 0 Å². The summed E-state index contributed by atoms with van der Waals surface area (Å²) in [5, 5.41) is 3.93. The first-order valence-corrected chi connectivity index (χ1v) is 7.62. The number of hydrogen-bond acceptors (Lipinski definition) is 1. The fraction of sp³-hybridized carbons (Fsp3) is 1.00. The predicted molar refractivity (Wildman–Crippen MR) is 72.8 cm³/mol. The lowest BCUT2D eigenvalue weighted by atomic mass is 10.0. The maximum absolute atomic E-state index is 3.93. The van der Waals surface area contributed by atoms with Crippen LogP contribution in [-0.2, 0) is 0 Å². The average molecular weight is 225 g/mol. The summed E-state index contributed by atoms with van der Waals surface area (Å²) in [5.41, 5.74) is 0. The molecule has 0 aliphatic heterocycles. The van der Waals surface area contributed by atoms with Gasteiger partial charge in [-0.15, -0.1) is 0 Å². The first kappa shape index (κ1) is 14.0. The van der Waals surface area contributed by atoms with Crippen LogP contribution in [0, 0.1) is 0 Å². The summed E-state index contributed by atoms with van der Waals surface area (Å²) in [4.78, 5) is 0. The zero-order valence-electron chi connectivity index (χ0n) is 11.4. The first-order chi connectivity index (χ1) is 7.86. The van der Waals surface area contributed by atoms with Crippen LogP contribution in [0.4, 0.5) is 0 Å². The van der Waals surface area contributed by atoms with Crippen molar-refractivity contribution in [3.63, 3.8) is 0 Å². The van der Waals surface area contributed by atoms with Crippen molar-refractivity contribution in [2.24, 2.45) is 0 Å².